The van der Waals surface area contributed by atoms with Crippen molar-refractivity contribution in [3.8, 4) is 0 Å². The molecule has 0 aliphatic heterocycles. The smallest absolute Gasteiger partial charge is 0.0931 e. The predicted octanol–water partition coefficient (Wildman–Crippen LogP) is 5.18. The predicted molar refractivity (Wildman–Crippen MR) is 96.2 cm³/mol. The van der Waals surface area contributed by atoms with Crippen molar-refractivity contribution in [1.29, 1.82) is 0 Å². The monoisotopic (exact) mass is 330 g/mol. The fourth-order valence-corrected chi connectivity index (χ4v) is 3.81. The summed E-state index contributed by atoms with van der Waals surface area (Å²) in [7, 11) is 0. The van der Waals surface area contributed by atoms with Crippen LogP contribution in [-0.2, 0) is 0 Å². The second kappa shape index (κ2) is 9.14. The van der Waals surface area contributed by atoms with E-state index < -0.39 is 0 Å². The molecule has 0 aliphatic rings. The van der Waals surface area contributed by atoms with Crippen molar-refractivity contribution in [2.24, 2.45) is 17.6 Å². The van der Waals surface area contributed by atoms with Gasteiger partial charge in [-0.3, -0.25) is 4.90 Å². The average molecular weight is 331 g/mol. The van der Waals surface area contributed by atoms with E-state index in [9.17, 15) is 0 Å². The summed E-state index contributed by atoms with van der Waals surface area (Å²) in [6.45, 7) is 13.4. The first-order chi connectivity index (χ1) is 9.81. The number of thiophene rings is 1. The van der Waals surface area contributed by atoms with Crippen LogP contribution in [0.4, 0.5) is 0 Å². The summed E-state index contributed by atoms with van der Waals surface area (Å²) in [5, 5.41) is 0. The fraction of sp³-hybridized carbons (Fsp3) is 0.765. The lowest BCUT2D eigenvalue weighted by Crippen LogP contribution is -2.40. The van der Waals surface area contributed by atoms with E-state index in [1.807, 2.05) is 6.07 Å². The molecular weight excluding hydrogens is 300 g/mol. The molecule has 1 aromatic heterocycles. The van der Waals surface area contributed by atoms with Crippen molar-refractivity contribution < 1.29 is 0 Å². The highest BCUT2D eigenvalue weighted by Crippen LogP contribution is 2.33. The van der Waals surface area contributed by atoms with Gasteiger partial charge in [0.25, 0.3) is 0 Å². The van der Waals surface area contributed by atoms with Gasteiger partial charge in [0.05, 0.1) is 10.4 Å². The third kappa shape index (κ3) is 6.68. The Morgan fingerprint density at radius 2 is 1.57 bits per heavy atom. The number of halogens is 1. The standard InChI is InChI=1S/C17H31ClN2S/c1-12(2)8-10-20(11-9-13(3)4)17(14(5)19)15-6-7-16(18)21-15/h6-7,12-14,17H,8-11,19H2,1-5H3. The topological polar surface area (TPSA) is 29.3 Å². The van der Waals surface area contributed by atoms with E-state index in [0.717, 1.165) is 17.4 Å². The molecule has 1 heterocycles. The van der Waals surface area contributed by atoms with Crippen molar-refractivity contribution in [3.05, 3.63) is 21.3 Å². The molecule has 2 unspecified atom stereocenters. The Hall–Kier alpha value is -0.0900. The summed E-state index contributed by atoms with van der Waals surface area (Å²) >= 11 is 7.79. The van der Waals surface area contributed by atoms with Crippen LogP contribution >= 0.6 is 22.9 Å². The lowest BCUT2D eigenvalue weighted by atomic mass is 10.0. The molecule has 0 radical (unpaired) electrons. The van der Waals surface area contributed by atoms with Crippen molar-refractivity contribution in [3.63, 3.8) is 0 Å². The normalized spacial score (nSPS) is 15.1. The minimum Gasteiger partial charge on any atom is -0.326 e. The van der Waals surface area contributed by atoms with Gasteiger partial charge in [0.1, 0.15) is 0 Å². The zero-order valence-corrected chi connectivity index (χ0v) is 15.7. The fourth-order valence-electron chi connectivity index (χ4n) is 2.50. The lowest BCUT2D eigenvalue weighted by molar-refractivity contribution is 0.161. The molecule has 122 valence electrons. The maximum Gasteiger partial charge on any atom is 0.0931 e. The van der Waals surface area contributed by atoms with Gasteiger partial charge in [0, 0.05) is 10.9 Å². The van der Waals surface area contributed by atoms with Crippen molar-refractivity contribution in [1.82, 2.24) is 4.90 Å². The van der Waals surface area contributed by atoms with Crippen molar-refractivity contribution >= 4 is 22.9 Å². The third-order valence-electron chi connectivity index (χ3n) is 3.76. The SMILES string of the molecule is CC(C)CCN(CCC(C)C)C(c1ccc(Cl)s1)C(C)N. The Kier molecular flexibility index (Phi) is 8.25. The Labute approximate surface area is 139 Å². The molecule has 2 atom stereocenters. The van der Waals surface area contributed by atoms with E-state index in [2.05, 4.69) is 45.6 Å². The minimum atomic E-state index is 0.110. The molecule has 1 aromatic rings. The van der Waals surface area contributed by atoms with Gasteiger partial charge in [0.15, 0.2) is 0 Å². The lowest BCUT2D eigenvalue weighted by Gasteiger charge is -2.34. The van der Waals surface area contributed by atoms with Gasteiger partial charge in [-0.25, -0.2) is 0 Å². The molecule has 0 amide bonds. The Balaban J connectivity index is 2.87. The quantitative estimate of drug-likeness (QED) is 0.675. The molecule has 0 aliphatic carbocycles. The third-order valence-corrected chi connectivity index (χ3v) is 5.07. The zero-order valence-electron chi connectivity index (χ0n) is 14.1. The molecule has 0 aromatic carbocycles. The van der Waals surface area contributed by atoms with Gasteiger partial charge in [-0.05, 0) is 56.8 Å². The summed E-state index contributed by atoms with van der Waals surface area (Å²) < 4.78 is 0.850. The van der Waals surface area contributed by atoms with Crippen LogP contribution < -0.4 is 5.73 Å². The number of hydrogen-bond acceptors (Lipinski definition) is 3. The maximum atomic E-state index is 6.31. The number of hydrogen-bond donors (Lipinski definition) is 1. The summed E-state index contributed by atoms with van der Waals surface area (Å²) in [5.74, 6) is 1.43. The van der Waals surface area contributed by atoms with E-state index in [1.165, 1.54) is 17.7 Å². The molecule has 2 nitrogen and oxygen atoms in total. The second-order valence-electron chi connectivity index (χ2n) is 6.85. The van der Waals surface area contributed by atoms with Crippen LogP contribution in [0.15, 0.2) is 12.1 Å². The highest BCUT2D eigenvalue weighted by molar-refractivity contribution is 7.16. The van der Waals surface area contributed by atoms with E-state index in [-0.39, 0.29) is 12.1 Å². The highest BCUT2D eigenvalue weighted by Gasteiger charge is 2.25. The molecule has 2 N–H and O–H groups in total. The van der Waals surface area contributed by atoms with Gasteiger partial charge in [0.2, 0.25) is 0 Å². The summed E-state index contributed by atoms with van der Waals surface area (Å²) in [5.41, 5.74) is 6.31. The van der Waals surface area contributed by atoms with E-state index in [1.54, 1.807) is 11.3 Å². The summed E-state index contributed by atoms with van der Waals surface area (Å²) in [6, 6.07) is 4.51. The first kappa shape index (κ1) is 19.0. The van der Waals surface area contributed by atoms with E-state index in [0.29, 0.717) is 11.8 Å². The van der Waals surface area contributed by atoms with Crippen LogP contribution in [0.5, 0.6) is 0 Å². The molecule has 0 bridgehead atoms. The molecule has 0 fully saturated rings. The van der Waals surface area contributed by atoms with Gasteiger partial charge in [-0.2, -0.15) is 0 Å². The van der Waals surface area contributed by atoms with E-state index in [4.69, 9.17) is 17.3 Å². The maximum absolute atomic E-state index is 6.31. The van der Waals surface area contributed by atoms with Crippen LogP contribution in [0.2, 0.25) is 4.34 Å². The molecule has 0 spiro atoms. The summed E-state index contributed by atoms with van der Waals surface area (Å²) in [6.07, 6.45) is 2.42. The van der Waals surface area contributed by atoms with Crippen molar-refractivity contribution in [2.45, 2.75) is 59.5 Å². The number of rotatable bonds is 9. The average Bonchev–Trinajstić information content (AvgIpc) is 2.77. The van der Waals surface area contributed by atoms with Crippen LogP contribution in [0, 0.1) is 11.8 Å². The largest absolute Gasteiger partial charge is 0.326 e. The highest BCUT2D eigenvalue weighted by atomic mass is 35.5. The molecule has 0 saturated carbocycles. The molecule has 0 saturated heterocycles. The minimum absolute atomic E-state index is 0.110. The van der Waals surface area contributed by atoms with Crippen molar-refractivity contribution in [2.75, 3.05) is 13.1 Å². The molecule has 4 heteroatoms. The Bertz CT molecular complexity index is 389. The number of nitrogens with two attached hydrogens (primary N) is 1. The number of nitrogens with zero attached hydrogens (tertiary/aromatic N) is 1. The first-order valence-corrected chi connectivity index (χ1v) is 9.25. The summed E-state index contributed by atoms with van der Waals surface area (Å²) in [4.78, 5) is 3.86. The Morgan fingerprint density at radius 1 is 1.05 bits per heavy atom. The van der Waals surface area contributed by atoms with E-state index >= 15 is 0 Å². The van der Waals surface area contributed by atoms with Crippen LogP contribution in [0.25, 0.3) is 0 Å². The van der Waals surface area contributed by atoms with Gasteiger partial charge < -0.3 is 5.73 Å². The van der Waals surface area contributed by atoms with Crippen LogP contribution in [0.1, 0.15) is 58.4 Å². The molecular formula is C17H31ClN2S. The Morgan fingerprint density at radius 3 is 1.90 bits per heavy atom. The molecule has 21 heavy (non-hydrogen) atoms. The van der Waals surface area contributed by atoms with Crippen LogP contribution in [0.3, 0.4) is 0 Å². The molecule has 1 rings (SSSR count). The second-order valence-corrected chi connectivity index (χ2v) is 8.59. The van der Waals surface area contributed by atoms with Crippen LogP contribution in [-0.4, -0.2) is 24.0 Å². The van der Waals surface area contributed by atoms with Gasteiger partial charge in [-0.15, -0.1) is 11.3 Å². The zero-order chi connectivity index (χ0) is 16.0. The van der Waals surface area contributed by atoms with Gasteiger partial charge >= 0.3 is 0 Å². The first-order valence-electron chi connectivity index (χ1n) is 8.06. The van der Waals surface area contributed by atoms with Gasteiger partial charge in [-0.1, -0.05) is 39.3 Å².